The van der Waals surface area contributed by atoms with Crippen molar-refractivity contribution in [2.24, 2.45) is 0 Å². The first-order valence-electron chi connectivity index (χ1n) is 9.34. The van der Waals surface area contributed by atoms with Crippen LogP contribution in [0.3, 0.4) is 0 Å². The summed E-state index contributed by atoms with van der Waals surface area (Å²) in [7, 11) is 0. The molecule has 0 aromatic carbocycles. The fourth-order valence-corrected chi connectivity index (χ4v) is 3.20. The van der Waals surface area contributed by atoms with Crippen molar-refractivity contribution in [3.8, 4) is 0 Å². The van der Waals surface area contributed by atoms with E-state index in [9.17, 15) is 4.79 Å². The lowest BCUT2D eigenvalue weighted by Gasteiger charge is -2.33. The minimum absolute atomic E-state index is 0.153. The SMILES string of the molecule is CCCN1CCC(NCCN(C(=O)OC(C)(C)C)C2CC2)CC1. The van der Waals surface area contributed by atoms with Gasteiger partial charge in [-0.2, -0.15) is 0 Å². The maximum atomic E-state index is 12.3. The highest BCUT2D eigenvalue weighted by Crippen LogP contribution is 2.28. The first-order valence-corrected chi connectivity index (χ1v) is 9.34. The molecule has 5 nitrogen and oxygen atoms in total. The molecule has 1 heterocycles. The van der Waals surface area contributed by atoms with Crippen LogP contribution in [0.2, 0.25) is 0 Å². The van der Waals surface area contributed by atoms with Gasteiger partial charge in [0.05, 0.1) is 0 Å². The first-order chi connectivity index (χ1) is 10.9. The summed E-state index contributed by atoms with van der Waals surface area (Å²) < 4.78 is 5.54. The highest BCUT2D eigenvalue weighted by molar-refractivity contribution is 5.69. The molecular weight excluding hydrogens is 290 g/mol. The van der Waals surface area contributed by atoms with Crippen LogP contribution in [-0.4, -0.2) is 66.3 Å². The predicted molar refractivity (Wildman–Crippen MR) is 93.7 cm³/mol. The minimum Gasteiger partial charge on any atom is -0.444 e. The fourth-order valence-electron chi connectivity index (χ4n) is 3.20. The van der Waals surface area contributed by atoms with Crippen LogP contribution < -0.4 is 5.32 Å². The zero-order chi connectivity index (χ0) is 16.9. The van der Waals surface area contributed by atoms with Crippen molar-refractivity contribution < 1.29 is 9.53 Å². The van der Waals surface area contributed by atoms with Crippen molar-refractivity contribution in [1.82, 2.24) is 15.1 Å². The van der Waals surface area contributed by atoms with E-state index in [1.54, 1.807) is 0 Å². The second-order valence-electron chi connectivity index (χ2n) is 7.97. The molecule has 0 atom stereocenters. The summed E-state index contributed by atoms with van der Waals surface area (Å²) in [5.41, 5.74) is -0.413. The molecule has 0 spiro atoms. The molecule has 2 rings (SSSR count). The zero-order valence-corrected chi connectivity index (χ0v) is 15.4. The molecule has 1 amide bonds. The average Bonchev–Trinajstić information content (AvgIpc) is 3.28. The molecule has 1 saturated heterocycles. The van der Waals surface area contributed by atoms with Crippen molar-refractivity contribution in [1.29, 1.82) is 0 Å². The number of carbonyl (C=O) groups is 1. The van der Waals surface area contributed by atoms with E-state index in [1.807, 2.05) is 25.7 Å². The lowest BCUT2D eigenvalue weighted by molar-refractivity contribution is 0.0233. The maximum absolute atomic E-state index is 12.3. The Hall–Kier alpha value is -0.810. The molecule has 5 heteroatoms. The van der Waals surface area contributed by atoms with Gasteiger partial charge in [-0.25, -0.2) is 4.79 Å². The van der Waals surface area contributed by atoms with E-state index in [1.165, 1.54) is 38.9 Å². The van der Waals surface area contributed by atoms with Crippen LogP contribution in [0.4, 0.5) is 4.79 Å². The van der Waals surface area contributed by atoms with Crippen LogP contribution in [0.15, 0.2) is 0 Å². The number of hydrogen-bond acceptors (Lipinski definition) is 4. The van der Waals surface area contributed by atoms with Crippen LogP contribution in [-0.2, 0) is 4.74 Å². The second kappa shape index (κ2) is 8.34. The zero-order valence-electron chi connectivity index (χ0n) is 15.4. The van der Waals surface area contributed by atoms with E-state index in [4.69, 9.17) is 4.74 Å². The van der Waals surface area contributed by atoms with Crippen molar-refractivity contribution in [3.63, 3.8) is 0 Å². The van der Waals surface area contributed by atoms with Gasteiger partial charge in [-0.15, -0.1) is 0 Å². The average molecular weight is 325 g/mol. The lowest BCUT2D eigenvalue weighted by atomic mass is 10.0. The van der Waals surface area contributed by atoms with Crippen LogP contribution >= 0.6 is 0 Å². The van der Waals surface area contributed by atoms with Gasteiger partial charge in [-0.3, -0.25) is 0 Å². The Bertz CT molecular complexity index is 369. The molecule has 0 radical (unpaired) electrons. The number of rotatable bonds is 7. The molecule has 134 valence electrons. The molecule has 2 aliphatic rings. The van der Waals surface area contributed by atoms with E-state index < -0.39 is 5.60 Å². The predicted octanol–water partition coefficient (Wildman–Crippen LogP) is 2.85. The van der Waals surface area contributed by atoms with E-state index in [2.05, 4.69) is 17.1 Å². The molecule has 0 bridgehead atoms. The summed E-state index contributed by atoms with van der Waals surface area (Å²) in [4.78, 5) is 16.8. The third-order valence-electron chi connectivity index (χ3n) is 4.53. The van der Waals surface area contributed by atoms with Crippen LogP contribution in [0.25, 0.3) is 0 Å². The second-order valence-corrected chi connectivity index (χ2v) is 7.97. The largest absolute Gasteiger partial charge is 0.444 e. The number of hydrogen-bond donors (Lipinski definition) is 1. The number of nitrogens with one attached hydrogen (secondary N) is 1. The van der Waals surface area contributed by atoms with E-state index >= 15 is 0 Å². The summed E-state index contributed by atoms with van der Waals surface area (Å²) in [6.45, 7) is 13.3. The molecule has 23 heavy (non-hydrogen) atoms. The maximum Gasteiger partial charge on any atom is 0.410 e. The summed E-state index contributed by atoms with van der Waals surface area (Å²) in [5.74, 6) is 0. The number of likely N-dealkylation sites (tertiary alicyclic amines) is 1. The van der Waals surface area contributed by atoms with Gasteiger partial charge in [0.15, 0.2) is 0 Å². The molecule has 1 N–H and O–H groups in total. The summed E-state index contributed by atoms with van der Waals surface area (Å²) >= 11 is 0. The number of ether oxygens (including phenoxy) is 1. The van der Waals surface area contributed by atoms with E-state index in [-0.39, 0.29) is 6.09 Å². The van der Waals surface area contributed by atoms with Gasteiger partial charge in [-0.1, -0.05) is 6.92 Å². The first kappa shape index (κ1) is 18.5. The molecule has 2 fully saturated rings. The van der Waals surface area contributed by atoms with Gasteiger partial charge in [0.2, 0.25) is 0 Å². The summed E-state index contributed by atoms with van der Waals surface area (Å²) in [6, 6.07) is 1.00. The molecular formula is C18H35N3O2. The van der Waals surface area contributed by atoms with Gasteiger partial charge in [0, 0.05) is 25.2 Å². The number of amides is 1. The normalized spacial score (nSPS) is 20.5. The molecule has 1 saturated carbocycles. The number of carbonyl (C=O) groups excluding carboxylic acids is 1. The Balaban J connectivity index is 1.68. The van der Waals surface area contributed by atoms with Crippen LogP contribution in [0, 0.1) is 0 Å². The topological polar surface area (TPSA) is 44.8 Å². The third-order valence-corrected chi connectivity index (χ3v) is 4.53. The summed E-state index contributed by atoms with van der Waals surface area (Å²) in [6.07, 6.45) is 5.76. The number of nitrogens with zero attached hydrogens (tertiary/aromatic N) is 2. The summed E-state index contributed by atoms with van der Waals surface area (Å²) in [5, 5.41) is 3.64. The van der Waals surface area contributed by atoms with Gasteiger partial charge in [0.1, 0.15) is 5.60 Å². The van der Waals surface area contributed by atoms with E-state index in [0.29, 0.717) is 12.1 Å². The standard InChI is InChI=1S/C18H35N3O2/c1-5-11-20-12-8-15(9-13-20)19-10-14-21(16-6-7-16)17(22)23-18(2,3)4/h15-16,19H,5-14H2,1-4H3. The van der Waals surface area contributed by atoms with Gasteiger partial charge in [0.25, 0.3) is 0 Å². The molecule has 1 aliphatic carbocycles. The van der Waals surface area contributed by atoms with Crippen molar-refractivity contribution >= 4 is 6.09 Å². The van der Waals surface area contributed by atoms with E-state index in [0.717, 1.165) is 25.9 Å². The van der Waals surface area contributed by atoms with Crippen molar-refractivity contribution in [2.75, 3.05) is 32.7 Å². The third kappa shape index (κ3) is 6.68. The monoisotopic (exact) mass is 325 g/mol. The van der Waals surface area contributed by atoms with Crippen LogP contribution in [0.5, 0.6) is 0 Å². The number of piperidine rings is 1. The van der Waals surface area contributed by atoms with Crippen molar-refractivity contribution in [3.05, 3.63) is 0 Å². The Morgan fingerprint density at radius 2 is 1.87 bits per heavy atom. The van der Waals surface area contributed by atoms with Gasteiger partial charge < -0.3 is 19.9 Å². The quantitative estimate of drug-likeness (QED) is 0.782. The molecule has 1 aliphatic heterocycles. The fraction of sp³-hybridized carbons (Fsp3) is 0.944. The Morgan fingerprint density at radius 3 is 2.39 bits per heavy atom. The smallest absolute Gasteiger partial charge is 0.410 e. The van der Waals surface area contributed by atoms with Gasteiger partial charge >= 0.3 is 6.09 Å². The van der Waals surface area contributed by atoms with Crippen molar-refractivity contribution in [2.45, 2.75) is 77.5 Å². The molecule has 0 unspecified atom stereocenters. The van der Waals surface area contributed by atoms with Gasteiger partial charge in [-0.05, 0) is 72.5 Å². The molecule has 0 aromatic heterocycles. The molecule has 0 aromatic rings. The van der Waals surface area contributed by atoms with Crippen LogP contribution in [0.1, 0.15) is 59.8 Å². The lowest BCUT2D eigenvalue weighted by Crippen LogP contribution is -2.46. The Labute approximate surface area is 141 Å². The highest BCUT2D eigenvalue weighted by atomic mass is 16.6. The minimum atomic E-state index is -0.413. The highest BCUT2D eigenvalue weighted by Gasteiger charge is 2.35. The Morgan fingerprint density at radius 1 is 1.22 bits per heavy atom. The Kier molecular flexibility index (Phi) is 6.72.